The van der Waals surface area contributed by atoms with Gasteiger partial charge in [0.15, 0.2) is 0 Å². The Morgan fingerprint density at radius 2 is 2.00 bits per heavy atom. The fourth-order valence-corrected chi connectivity index (χ4v) is 2.49. The number of nitrogens with zero attached hydrogens (tertiary/aromatic N) is 3. The lowest BCUT2D eigenvalue weighted by atomic mass is 10.3. The maximum atomic E-state index is 12.2. The summed E-state index contributed by atoms with van der Waals surface area (Å²) in [6, 6.07) is 13.1. The number of carbonyl (C=O) groups excluding carboxylic acids is 1. The van der Waals surface area contributed by atoms with Gasteiger partial charge in [-0.15, -0.1) is 0 Å². The molecule has 1 amide bonds. The zero-order valence-electron chi connectivity index (χ0n) is 11.8. The molecular weight excluding hydrogens is 344 g/mol. The minimum Gasteiger partial charge on any atom is -0.318 e. The van der Waals surface area contributed by atoms with Gasteiger partial charge in [-0.1, -0.05) is 18.2 Å². The van der Waals surface area contributed by atoms with Crippen molar-refractivity contribution in [3.63, 3.8) is 0 Å². The highest BCUT2D eigenvalue weighted by Crippen LogP contribution is 2.21. The van der Waals surface area contributed by atoms with Gasteiger partial charge in [0, 0.05) is 10.2 Å². The maximum absolute atomic E-state index is 12.2. The van der Waals surface area contributed by atoms with E-state index in [2.05, 4.69) is 31.3 Å². The van der Waals surface area contributed by atoms with Crippen LogP contribution >= 0.6 is 15.9 Å². The van der Waals surface area contributed by atoms with Gasteiger partial charge in [-0.2, -0.15) is 5.10 Å². The fraction of sp³-hybridized carbons (Fsp3) is 0.0625. The molecule has 0 aliphatic carbocycles. The van der Waals surface area contributed by atoms with Crippen LogP contribution in [0.3, 0.4) is 0 Å². The molecule has 1 aromatic carbocycles. The van der Waals surface area contributed by atoms with Gasteiger partial charge in [0.2, 0.25) is 0 Å². The molecule has 0 radical (unpaired) electrons. The Kier molecular flexibility index (Phi) is 4.02. The molecule has 1 N–H and O–H groups in total. The van der Waals surface area contributed by atoms with Gasteiger partial charge in [-0.25, -0.2) is 9.67 Å². The SMILES string of the molecule is Cc1cccc(C(=O)Nc2cnn(-c3ccccc3Br)c2)n1. The van der Waals surface area contributed by atoms with Crippen molar-refractivity contribution in [3.05, 3.63) is 70.7 Å². The van der Waals surface area contributed by atoms with Crippen LogP contribution in [0.5, 0.6) is 0 Å². The van der Waals surface area contributed by atoms with Crippen LogP contribution < -0.4 is 5.32 Å². The van der Waals surface area contributed by atoms with Crippen molar-refractivity contribution >= 4 is 27.5 Å². The Morgan fingerprint density at radius 3 is 2.77 bits per heavy atom. The van der Waals surface area contributed by atoms with E-state index < -0.39 is 0 Å². The lowest BCUT2D eigenvalue weighted by Gasteiger charge is -2.04. The average Bonchev–Trinajstić information content (AvgIpc) is 2.96. The van der Waals surface area contributed by atoms with Crippen LogP contribution in [0.4, 0.5) is 5.69 Å². The van der Waals surface area contributed by atoms with Gasteiger partial charge in [0.25, 0.3) is 5.91 Å². The quantitative estimate of drug-likeness (QED) is 0.779. The largest absolute Gasteiger partial charge is 0.318 e. The molecule has 0 fully saturated rings. The number of nitrogens with one attached hydrogen (secondary N) is 1. The number of rotatable bonds is 3. The van der Waals surface area contributed by atoms with Gasteiger partial charge < -0.3 is 5.32 Å². The van der Waals surface area contributed by atoms with Gasteiger partial charge in [0.1, 0.15) is 5.69 Å². The van der Waals surface area contributed by atoms with Crippen LogP contribution in [-0.4, -0.2) is 20.7 Å². The third-order valence-corrected chi connectivity index (χ3v) is 3.73. The van der Waals surface area contributed by atoms with Gasteiger partial charge in [-0.3, -0.25) is 4.79 Å². The molecule has 0 atom stereocenters. The minimum atomic E-state index is -0.254. The summed E-state index contributed by atoms with van der Waals surface area (Å²) in [5, 5.41) is 7.06. The number of halogens is 1. The zero-order chi connectivity index (χ0) is 15.5. The molecule has 22 heavy (non-hydrogen) atoms. The zero-order valence-corrected chi connectivity index (χ0v) is 13.4. The third kappa shape index (κ3) is 3.07. The number of aromatic nitrogens is 3. The van der Waals surface area contributed by atoms with E-state index in [-0.39, 0.29) is 5.91 Å². The molecular formula is C16H13BrN4O. The first kappa shape index (κ1) is 14.5. The topological polar surface area (TPSA) is 59.8 Å². The van der Waals surface area contributed by atoms with E-state index in [1.165, 1.54) is 0 Å². The molecule has 5 nitrogen and oxygen atoms in total. The van der Waals surface area contributed by atoms with E-state index >= 15 is 0 Å². The Labute approximate surface area is 136 Å². The summed E-state index contributed by atoms with van der Waals surface area (Å²) in [5.74, 6) is -0.254. The summed E-state index contributed by atoms with van der Waals surface area (Å²) < 4.78 is 2.62. The summed E-state index contributed by atoms with van der Waals surface area (Å²) >= 11 is 3.48. The average molecular weight is 357 g/mol. The number of anilines is 1. The van der Waals surface area contributed by atoms with E-state index in [0.29, 0.717) is 11.4 Å². The maximum Gasteiger partial charge on any atom is 0.274 e. The standard InChI is InChI=1S/C16H13BrN4O/c1-11-5-4-7-14(19-11)16(22)20-12-9-18-21(10-12)15-8-3-2-6-13(15)17/h2-10H,1H3,(H,20,22). The highest BCUT2D eigenvalue weighted by Gasteiger charge is 2.10. The number of hydrogen-bond donors (Lipinski definition) is 1. The van der Waals surface area contributed by atoms with Crippen molar-refractivity contribution in [3.8, 4) is 5.69 Å². The van der Waals surface area contributed by atoms with Crippen molar-refractivity contribution in [2.24, 2.45) is 0 Å². The number of pyridine rings is 1. The first-order valence-electron chi connectivity index (χ1n) is 6.68. The van der Waals surface area contributed by atoms with Crippen molar-refractivity contribution < 1.29 is 4.79 Å². The van der Waals surface area contributed by atoms with Gasteiger partial charge in [-0.05, 0) is 47.1 Å². The van der Waals surface area contributed by atoms with E-state index in [1.54, 1.807) is 23.1 Å². The van der Waals surface area contributed by atoms with Crippen LogP contribution in [0.2, 0.25) is 0 Å². The number of carbonyl (C=O) groups is 1. The Balaban J connectivity index is 1.80. The smallest absolute Gasteiger partial charge is 0.274 e. The highest BCUT2D eigenvalue weighted by atomic mass is 79.9. The van der Waals surface area contributed by atoms with Crippen LogP contribution in [0.1, 0.15) is 16.2 Å². The van der Waals surface area contributed by atoms with Crippen molar-refractivity contribution in [1.82, 2.24) is 14.8 Å². The fourth-order valence-electron chi connectivity index (χ4n) is 2.02. The van der Waals surface area contributed by atoms with Crippen molar-refractivity contribution in [2.45, 2.75) is 6.92 Å². The molecule has 3 aromatic rings. The van der Waals surface area contributed by atoms with Crippen LogP contribution in [0, 0.1) is 6.92 Å². The van der Waals surface area contributed by atoms with Crippen molar-refractivity contribution in [2.75, 3.05) is 5.32 Å². The van der Waals surface area contributed by atoms with Crippen molar-refractivity contribution in [1.29, 1.82) is 0 Å². The second kappa shape index (κ2) is 6.11. The predicted molar refractivity (Wildman–Crippen MR) is 88.2 cm³/mol. The monoisotopic (exact) mass is 356 g/mol. The van der Waals surface area contributed by atoms with Gasteiger partial charge >= 0.3 is 0 Å². The minimum absolute atomic E-state index is 0.254. The molecule has 0 spiro atoms. The number of hydrogen-bond acceptors (Lipinski definition) is 3. The molecule has 0 saturated carbocycles. The number of para-hydroxylation sites is 1. The Morgan fingerprint density at radius 1 is 1.18 bits per heavy atom. The van der Waals surface area contributed by atoms with Crippen LogP contribution in [-0.2, 0) is 0 Å². The van der Waals surface area contributed by atoms with Gasteiger partial charge in [0.05, 0.1) is 23.8 Å². The number of benzene rings is 1. The summed E-state index contributed by atoms with van der Waals surface area (Å²) in [6.07, 6.45) is 3.36. The predicted octanol–water partition coefficient (Wildman–Crippen LogP) is 3.59. The molecule has 2 aromatic heterocycles. The van der Waals surface area contributed by atoms with Crippen LogP contribution in [0.25, 0.3) is 5.69 Å². The number of aryl methyl sites for hydroxylation is 1. The molecule has 6 heteroatoms. The molecule has 110 valence electrons. The second-order valence-electron chi connectivity index (χ2n) is 4.74. The lowest BCUT2D eigenvalue weighted by molar-refractivity contribution is 0.102. The molecule has 0 aliphatic rings. The lowest BCUT2D eigenvalue weighted by Crippen LogP contribution is -2.13. The second-order valence-corrected chi connectivity index (χ2v) is 5.60. The molecule has 0 unspecified atom stereocenters. The molecule has 3 rings (SSSR count). The summed E-state index contributed by atoms with van der Waals surface area (Å²) in [7, 11) is 0. The first-order valence-corrected chi connectivity index (χ1v) is 7.47. The molecule has 2 heterocycles. The molecule has 0 bridgehead atoms. The van der Waals surface area contributed by atoms with Crippen LogP contribution in [0.15, 0.2) is 59.3 Å². The summed E-state index contributed by atoms with van der Waals surface area (Å²) in [4.78, 5) is 16.4. The Bertz CT molecular complexity index is 828. The van der Waals surface area contributed by atoms with E-state index in [0.717, 1.165) is 15.9 Å². The van der Waals surface area contributed by atoms with E-state index in [9.17, 15) is 4.79 Å². The Hall–Kier alpha value is -2.47. The van der Waals surface area contributed by atoms with E-state index in [4.69, 9.17) is 0 Å². The molecule has 0 aliphatic heterocycles. The van der Waals surface area contributed by atoms with E-state index in [1.807, 2.05) is 43.3 Å². The first-order chi connectivity index (χ1) is 10.6. The molecule has 0 saturated heterocycles. The summed E-state index contributed by atoms with van der Waals surface area (Å²) in [5.41, 5.74) is 2.70. The number of amides is 1. The highest BCUT2D eigenvalue weighted by molar-refractivity contribution is 9.10. The summed E-state index contributed by atoms with van der Waals surface area (Å²) in [6.45, 7) is 1.85. The normalized spacial score (nSPS) is 10.5. The third-order valence-electron chi connectivity index (χ3n) is 3.06.